The zero-order valence-electron chi connectivity index (χ0n) is 17.6. The van der Waals surface area contributed by atoms with E-state index < -0.39 is 0 Å². The highest BCUT2D eigenvalue weighted by Crippen LogP contribution is 2.42. The summed E-state index contributed by atoms with van der Waals surface area (Å²) in [5, 5.41) is 10.6. The molecule has 3 aliphatic heterocycles. The van der Waals surface area contributed by atoms with Gasteiger partial charge in [-0.05, 0) is 68.2 Å². The van der Waals surface area contributed by atoms with Crippen molar-refractivity contribution in [2.45, 2.75) is 62.4 Å². The molecule has 4 heterocycles. The number of fused-ring (bicyclic) bond motifs is 3. The van der Waals surface area contributed by atoms with E-state index in [1.165, 1.54) is 18.4 Å². The molecule has 0 bridgehead atoms. The van der Waals surface area contributed by atoms with Crippen LogP contribution in [0.15, 0.2) is 28.8 Å². The van der Waals surface area contributed by atoms with Crippen LogP contribution in [0.25, 0.3) is 0 Å². The summed E-state index contributed by atoms with van der Waals surface area (Å²) in [5.41, 5.74) is 3.64. The minimum Gasteiger partial charge on any atom is -0.360 e. The van der Waals surface area contributed by atoms with E-state index in [1.54, 1.807) is 6.07 Å². The standard InChI is InChI=1S/C24H28N4O3/c29-23(20-12-22(31-27-20)14-3-4-14)26-17-7-9-28-21(11-17)19-10-15(5-6-18(19)24(28)30)16-2-1-8-25-13-16/h5-6,10,12,14,16-17,21,25H,1-4,7-9,11,13H2,(H,26,29)/t16?,17-,21+/m1/s1. The van der Waals surface area contributed by atoms with E-state index >= 15 is 0 Å². The Hall–Kier alpha value is -2.67. The summed E-state index contributed by atoms with van der Waals surface area (Å²) < 4.78 is 5.33. The van der Waals surface area contributed by atoms with Crippen molar-refractivity contribution in [1.82, 2.24) is 20.7 Å². The normalized spacial score (nSPS) is 27.7. The van der Waals surface area contributed by atoms with Gasteiger partial charge in [0.1, 0.15) is 5.76 Å². The third-order valence-corrected chi connectivity index (χ3v) is 7.37. The molecule has 1 aromatic heterocycles. The maximum Gasteiger partial charge on any atom is 0.273 e. The number of amides is 2. The SMILES string of the molecule is O=C(N[C@@H]1CCN2C(=O)c3ccc(C4CCCNC4)cc3[C@@H]2C1)c1cc(C2CC2)on1. The van der Waals surface area contributed by atoms with Gasteiger partial charge in [0.15, 0.2) is 5.69 Å². The molecule has 1 saturated carbocycles. The monoisotopic (exact) mass is 420 g/mol. The molecule has 3 fully saturated rings. The van der Waals surface area contributed by atoms with Crippen LogP contribution < -0.4 is 10.6 Å². The summed E-state index contributed by atoms with van der Waals surface area (Å²) in [4.78, 5) is 27.6. The molecule has 2 N–H and O–H groups in total. The van der Waals surface area contributed by atoms with Crippen molar-refractivity contribution < 1.29 is 14.1 Å². The molecule has 4 aliphatic rings. The number of hydrogen-bond donors (Lipinski definition) is 2. The van der Waals surface area contributed by atoms with Crippen LogP contribution in [0.3, 0.4) is 0 Å². The van der Waals surface area contributed by atoms with Gasteiger partial charge in [0.2, 0.25) is 0 Å². The number of aromatic nitrogens is 1. The van der Waals surface area contributed by atoms with Crippen molar-refractivity contribution in [2.24, 2.45) is 0 Å². The first-order valence-corrected chi connectivity index (χ1v) is 11.6. The van der Waals surface area contributed by atoms with E-state index in [4.69, 9.17) is 4.52 Å². The van der Waals surface area contributed by atoms with E-state index in [0.717, 1.165) is 55.7 Å². The predicted octanol–water partition coefficient (Wildman–Crippen LogP) is 3.11. The molecule has 2 amide bonds. The zero-order chi connectivity index (χ0) is 20.9. The van der Waals surface area contributed by atoms with Crippen molar-refractivity contribution in [3.8, 4) is 0 Å². The molecule has 31 heavy (non-hydrogen) atoms. The average molecular weight is 421 g/mol. The van der Waals surface area contributed by atoms with Crippen molar-refractivity contribution >= 4 is 11.8 Å². The lowest BCUT2D eigenvalue weighted by Crippen LogP contribution is -2.45. The number of nitrogens with zero attached hydrogens (tertiary/aromatic N) is 2. The Morgan fingerprint density at radius 1 is 1.16 bits per heavy atom. The minimum absolute atomic E-state index is 0.0218. The predicted molar refractivity (Wildman–Crippen MR) is 114 cm³/mol. The van der Waals surface area contributed by atoms with Crippen LogP contribution in [0.1, 0.15) is 94.1 Å². The first kappa shape index (κ1) is 19.0. The van der Waals surface area contributed by atoms with Gasteiger partial charge in [-0.3, -0.25) is 9.59 Å². The van der Waals surface area contributed by atoms with E-state index in [2.05, 4.69) is 27.9 Å². The van der Waals surface area contributed by atoms with Gasteiger partial charge in [-0.1, -0.05) is 17.3 Å². The van der Waals surface area contributed by atoms with E-state index in [1.807, 2.05) is 11.0 Å². The topological polar surface area (TPSA) is 87.5 Å². The molecule has 3 atom stereocenters. The summed E-state index contributed by atoms with van der Waals surface area (Å²) in [6.45, 7) is 2.75. The van der Waals surface area contributed by atoms with Gasteiger partial charge in [0.05, 0.1) is 6.04 Å². The highest BCUT2D eigenvalue weighted by atomic mass is 16.5. The highest BCUT2D eigenvalue weighted by Gasteiger charge is 2.41. The number of piperidine rings is 2. The molecule has 162 valence electrons. The maximum absolute atomic E-state index is 12.9. The summed E-state index contributed by atoms with van der Waals surface area (Å²) >= 11 is 0. The summed E-state index contributed by atoms with van der Waals surface area (Å²) in [7, 11) is 0. The molecule has 7 nitrogen and oxygen atoms in total. The smallest absolute Gasteiger partial charge is 0.273 e. The number of benzene rings is 1. The fraction of sp³-hybridized carbons (Fsp3) is 0.542. The van der Waals surface area contributed by atoms with Gasteiger partial charge in [-0.2, -0.15) is 0 Å². The average Bonchev–Trinajstić information content (AvgIpc) is 3.47. The molecule has 7 heteroatoms. The van der Waals surface area contributed by atoms with E-state index in [-0.39, 0.29) is 23.9 Å². The molecule has 2 aromatic rings. The quantitative estimate of drug-likeness (QED) is 0.794. The van der Waals surface area contributed by atoms with Crippen molar-refractivity contribution in [3.63, 3.8) is 0 Å². The number of carbonyl (C=O) groups is 2. The van der Waals surface area contributed by atoms with Crippen LogP contribution in [0, 0.1) is 0 Å². The van der Waals surface area contributed by atoms with Crippen molar-refractivity contribution in [3.05, 3.63) is 52.4 Å². The zero-order valence-corrected chi connectivity index (χ0v) is 17.6. The molecule has 1 aliphatic carbocycles. The van der Waals surface area contributed by atoms with Crippen molar-refractivity contribution in [1.29, 1.82) is 0 Å². The second kappa shape index (κ2) is 7.48. The van der Waals surface area contributed by atoms with E-state index in [0.29, 0.717) is 24.1 Å². The summed E-state index contributed by atoms with van der Waals surface area (Å²) in [6.07, 6.45) is 6.10. The number of hydrogen-bond acceptors (Lipinski definition) is 5. The largest absolute Gasteiger partial charge is 0.360 e. The van der Waals surface area contributed by atoms with Crippen LogP contribution in [0.4, 0.5) is 0 Å². The Morgan fingerprint density at radius 2 is 2.06 bits per heavy atom. The van der Waals surface area contributed by atoms with Gasteiger partial charge in [0.25, 0.3) is 11.8 Å². The van der Waals surface area contributed by atoms with Gasteiger partial charge >= 0.3 is 0 Å². The first-order valence-electron chi connectivity index (χ1n) is 11.6. The fourth-order valence-corrected chi connectivity index (χ4v) is 5.45. The minimum atomic E-state index is -0.180. The van der Waals surface area contributed by atoms with Gasteiger partial charge in [-0.15, -0.1) is 0 Å². The molecule has 6 rings (SSSR count). The lowest BCUT2D eigenvalue weighted by molar-refractivity contribution is 0.0630. The Morgan fingerprint density at radius 3 is 2.87 bits per heavy atom. The Balaban J connectivity index is 1.18. The second-order valence-electron chi connectivity index (χ2n) is 9.49. The van der Waals surface area contributed by atoms with Gasteiger partial charge in [-0.25, -0.2) is 0 Å². The molecule has 1 aromatic carbocycles. The van der Waals surface area contributed by atoms with Crippen LogP contribution in [0.5, 0.6) is 0 Å². The Labute approximate surface area is 181 Å². The first-order chi connectivity index (χ1) is 15.2. The Kier molecular flexibility index (Phi) is 4.60. The number of rotatable bonds is 4. The highest BCUT2D eigenvalue weighted by molar-refractivity contribution is 5.99. The molecule has 1 unspecified atom stereocenters. The van der Waals surface area contributed by atoms with Crippen molar-refractivity contribution in [2.75, 3.05) is 19.6 Å². The third-order valence-electron chi connectivity index (χ3n) is 7.37. The summed E-state index contributed by atoms with van der Waals surface area (Å²) in [6, 6.07) is 8.24. The van der Waals surface area contributed by atoms with Crippen LogP contribution >= 0.6 is 0 Å². The van der Waals surface area contributed by atoms with Gasteiger partial charge < -0.3 is 20.1 Å². The van der Waals surface area contributed by atoms with E-state index in [9.17, 15) is 9.59 Å². The third kappa shape index (κ3) is 3.45. The lowest BCUT2D eigenvalue weighted by Gasteiger charge is -2.35. The number of nitrogens with one attached hydrogen (secondary N) is 2. The number of carbonyl (C=O) groups excluding carboxylic acids is 2. The second-order valence-corrected chi connectivity index (χ2v) is 9.49. The molecule has 2 saturated heterocycles. The van der Waals surface area contributed by atoms with Gasteiger partial charge in [0, 0.05) is 36.7 Å². The maximum atomic E-state index is 12.9. The summed E-state index contributed by atoms with van der Waals surface area (Å²) in [5.74, 6) is 1.71. The van der Waals surface area contributed by atoms with Crippen LogP contribution in [-0.4, -0.2) is 47.5 Å². The lowest BCUT2D eigenvalue weighted by atomic mass is 9.87. The van der Waals surface area contributed by atoms with Crippen LogP contribution in [-0.2, 0) is 0 Å². The molecule has 0 radical (unpaired) electrons. The Bertz CT molecular complexity index is 1020. The molecular formula is C24H28N4O3. The van der Waals surface area contributed by atoms with Crippen LogP contribution in [0.2, 0.25) is 0 Å². The molecular weight excluding hydrogens is 392 g/mol. The fourth-order valence-electron chi connectivity index (χ4n) is 5.45. The molecule has 0 spiro atoms.